The van der Waals surface area contributed by atoms with E-state index in [0.717, 1.165) is 37.6 Å². The number of hydrogen-bond donors (Lipinski definition) is 2. The Balaban J connectivity index is 0.00000280. The van der Waals surface area contributed by atoms with Crippen LogP contribution >= 0.6 is 24.0 Å². The summed E-state index contributed by atoms with van der Waals surface area (Å²) in [6, 6.07) is 14.6. The van der Waals surface area contributed by atoms with Gasteiger partial charge in [-0.15, -0.1) is 24.0 Å². The molecule has 0 spiro atoms. The minimum atomic E-state index is -0.610. The van der Waals surface area contributed by atoms with E-state index >= 15 is 0 Å². The molecule has 152 valence electrons. The first kappa shape index (κ1) is 22.4. The lowest BCUT2D eigenvalue weighted by atomic mass is 10.1. The van der Waals surface area contributed by atoms with Crippen molar-refractivity contribution in [1.82, 2.24) is 10.2 Å². The molecule has 0 radical (unpaired) electrons. The molecule has 1 aliphatic rings. The van der Waals surface area contributed by atoms with E-state index in [0.29, 0.717) is 19.1 Å². The molecule has 1 atom stereocenters. The maximum atomic E-state index is 13.4. The van der Waals surface area contributed by atoms with Gasteiger partial charge in [0.25, 0.3) is 0 Å². The summed E-state index contributed by atoms with van der Waals surface area (Å²) in [5, 5.41) is 12.5. The summed E-state index contributed by atoms with van der Waals surface area (Å²) < 4.78 is 19.3. The van der Waals surface area contributed by atoms with Gasteiger partial charge in [0.05, 0.1) is 13.2 Å². The molecule has 3 rings (SSSR count). The van der Waals surface area contributed by atoms with E-state index in [2.05, 4.69) is 27.3 Å². The van der Waals surface area contributed by atoms with Gasteiger partial charge in [0.2, 0.25) is 0 Å². The van der Waals surface area contributed by atoms with Crippen molar-refractivity contribution < 1.29 is 14.2 Å². The summed E-state index contributed by atoms with van der Waals surface area (Å²) in [5.41, 5.74) is 1.94. The molecule has 0 aliphatic carbocycles. The molecule has 2 N–H and O–H groups in total. The van der Waals surface area contributed by atoms with Crippen molar-refractivity contribution in [3.63, 3.8) is 0 Å². The van der Waals surface area contributed by atoms with Crippen molar-refractivity contribution in [2.45, 2.75) is 19.6 Å². The van der Waals surface area contributed by atoms with Crippen molar-refractivity contribution >= 4 is 29.9 Å². The highest BCUT2D eigenvalue weighted by molar-refractivity contribution is 14.0. The predicted molar refractivity (Wildman–Crippen MR) is 119 cm³/mol. The second-order valence-electron chi connectivity index (χ2n) is 6.79. The summed E-state index contributed by atoms with van der Waals surface area (Å²) in [6.45, 7) is 3.62. The topological polar surface area (TPSA) is 57.1 Å². The van der Waals surface area contributed by atoms with Crippen LogP contribution in [0.3, 0.4) is 0 Å². The molecule has 1 fully saturated rings. The Morgan fingerprint density at radius 2 is 2.04 bits per heavy atom. The van der Waals surface area contributed by atoms with E-state index in [1.807, 2.05) is 18.2 Å². The number of ether oxygens (including phenoxy) is 1. The fraction of sp³-hybridized carbons (Fsp3) is 0.381. The number of phenolic OH excluding ortho intramolecular Hbond substituents is 1. The third-order valence-electron chi connectivity index (χ3n) is 4.73. The van der Waals surface area contributed by atoms with Crippen molar-refractivity contribution in [2.24, 2.45) is 10.9 Å². The lowest BCUT2D eigenvalue weighted by Gasteiger charge is -2.22. The first-order valence-corrected chi connectivity index (χ1v) is 9.20. The smallest absolute Gasteiger partial charge is 0.193 e. The molecule has 5 nitrogen and oxygen atoms in total. The number of nitrogens with zero attached hydrogens (tertiary/aromatic N) is 2. The fourth-order valence-corrected chi connectivity index (χ4v) is 3.25. The largest absolute Gasteiger partial charge is 0.505 e. The van der Waals surface area contributed by atoms with Gasteiger partial charge in [0.1, 0.15) is 0 Å². The summed E-state index contributed by atoms with van der Waals surface area (Å²) >= 11 is 0. The highest BCUT2D eigenvalue weighted by atomic mass is 127. The Labute approximate surface area is 182 Å². The van der Waals surface area contributed by atoms with Crippen molar-refractivity contribution in [3.05, 3.63) is 65.5 Å². The Kier molecular flexibility index (Phi) is 8.98. The number of phenols is 1. The quantitative estimate of drug-likeness (QED) is 0.361. The number of hydrogen-bond acceptors (Lipinski definition) is 3. The molecule has 28 heavy (non-hydrogen) atoms. The summed E-state index contributed by atoms with van der Waals surface area (Å²) in [5.74, 6) is 0.328. The van der Waals surface area contributed by atoms with Crippen LogP contribution in [0.25, 0.3) is 0 Å². The van der Waals surface area contributed by atoms with Gasteiger partial charge in [0.15, 0.2) is 17.5 Å². The number of nitrogens with one attached hydrogen (secondary N) is 1. The van der Waals surface area contributed by atoms with Gasteiger partial charge in [0, 0.05) is 32.6 Å². The molecule has 0 aromatic heterocycles. The van der Waals surface area contributed by atoms with E-state index in [-0.39, 0.29) is 29.7 Å². The molecule has 0 amide bonds. The second-order valence-corrected chi connectivity index (χ2v) is 6.79. The van der Waals surface area contributed by atoms with Gasteiger partial charge in [-0.1, -0.05) is 36.4 Å². The number of likely N-dealkylation sites (tertiary alicyclic amines) is 1. The Morgan fingerprint density at radius 3 is 2.75 bits per heavy atom. The molecule has 1 unspecified atom stereocenters. The zero-order valence-corrected chi connectivity index (χ0v) is 18.3. The van der Waals surface area contributed by atoms with Crippen molar-refractivity contribution in [3.8, 4) is 5.75 Å². The van der Waals surface area contributed by atoms with Crippen LogP contribution in [0.15, 0.2) is 53.5 Å². The van der Waals surface area contributed by atoms with Crippen molar-refractivity contribution in [1.29, 1.82) is 0 Å². The van der Waals surface area contributed by atoms with Crippen LogP contribution in [-0.4, -0.2) is 42.7 Å². The number of rotatable bonds is 6. The highest BCUT2D eigenvalue weighted by Crippen LogP contribution is 2.18. The Morgan fingerprint density at radius 1 is 1.25 bits per heavy atom. The lowest BCUT2D eigenvalue weighted by molar-refractivity contribution is 0.0906. The minimum absolute atomic E-state index is 0. The normalized spacial score (nSPS) is 16.7. The predicted octanol–water partition coefficient (Wildman–Crippen LogP) is 3.76. The monoisotopic (exact) mass is 499 g/mol. The van der Waals surface area contributed by atoms with Gasteiger partial charge >= 0.3 is 0 Å². The van der Waals surface area contributed by atoms with E-state index in [9.17, 15) is 9.50 Å². The number of guanidine groups is 1. The number of benzene rings is 2. The van der Waals surface area contributed by atoms with Crippen molar-refractivity contribution in [2.75, 3.05) is 26.7 Å². The summed E-state index contributed by atoms with van der Waals surface area (Å²) in [6.07, 6.45) is 1.06. The molecule has 2 aromatic carbocycles. The Bertz CT molecular complexity index is 774. The average molecular weight is 499 g/mol. The fourth-order valence-electron chi connectivity index (χ4n) is 3.25. The number of halogens is 2. The maximum absolute atomic E-state index is 13.4. The molecular formula is C21H27FIN3O2. The first-order valence-electron chi connectivity index (χ1n) is 9.20. The standard InChI is InChI=1S/C21H26FN3O2.HI/c1-23-21(24-12-17-7-8-20(26)19(22)11-17)25-10-9-18(13-25)15-27-14-16-5-3-2-4-6-16;/h2-8,11,18,26H,9-10,12-15H2,1H3,(H,23,24);1H. The van der Waals surface area contributed by atoms with Crippen LogP contribution in [0.5, 0.6) is 5.75 Å². The third-order valence-corrected chi connectivity index (χ3v) is 4.73. The van der Waals surface area contributed by atoms with Gasteiger partial charge < -0.3 is 20.1 Å². The summed E-state index contributed by atoms with van der Waals surface area (Å²) in [4.78, 5) is 6.54. The second kappa shape index (κ2) is 11.2. The van der Waals surface area contributed by atoms with Crippen LogP contribution in [0, 0.1) is 11.7 Å². The third kappa shape index (κ3) is 6.34. The minimum Gasteiger partial charge on any atom is -0.505 e. The summed E-state index contributed by atoms with van der Waals surface area (Å²) in [7, 11) is 1.75. The van der Waals surface area contributed by atoms with Gasteiger partial charge in [-0.2, -0.15) is 0 Å². The Hall–Kier alpha value is -1.87. The highest BCUT2D eigenvalue weighted by Gasteiger charge is 2.25. The van der Waals surface area contributed by atoms with E-state index < -0.39 is 5.82 Å². The molecule has 1 saturated heterocycles. The van der Waals surface area contributed by atoms with E-state index in [4.69, 9.17) is 4.74 Å². The SMILES string of the molecule is CN=C(NCc1ccc(O)c(F)c1)N1CCC(COCc2ccccc2)C1.I. The first-order chi connectivity index (χ1) is 13.2. The number of aromatic hydroxyl groups is 1. The van der Waals surface area contributed by atoms with Crippen LogP contribution in [0.1, 0.15) is 17.5 Å². The molecule has 7 heteroatoms. The van der Waals surface area contributed by atoms with Gasteiger partial charge in [-0.05, 0) is 29.7 Å². The van der Waals surface area contributed by atoms with E-state index in [1.54, 1.807) is 13.1 Å². The average Bonchev–Trinajstić information content (AvgIpc) is 3.15. The molecule has 1 heterocycles. The lowest BCUT2D eigenvalue weighted by Crippen LogP contribution is -2.39. The van der Waals surface area contributed by atoms with Crippen LogP contribution in [0.4, 0.5) is 4.39 Å². The van der Waals surface area contributed by atoms with Gasteiger partial charge in [-0.25, -0.2) is 4.39 Å². The van der Waals surface area contributed by atoms with Gasteiger partial charge in [-0.3, -0.25) is 4.99 Å². The molecule has 2 aromatic rings. The molecule has 1 aliphatic heterocycles. The molecular weight excluding hydrogens is 472 g/mol. The zero-order valence-electron chi connectivity index (χ0n) is 16.0. The van der Waals surface area contributed by atoms with Crippen LogP contribution in [0.2, 0.25) is 0 Å². The molecule has 0 bridgehead atoms. The maximum Gasteiger partial charge on any atom is 0.193 e. The zero-order chi connectivity index (χ0) is 19.1. The molecule has 0 saturated carbocycles. The van der Waals surface area contributed by atoms with Crippen LogP contribution in [-0.2, 0) is 17.9 Å². The number of aliphatic imine (C=N–C) groups is 1. The van der Waals surface area contributed by atoms with E-state index in [1.165, 1.54) is 17.7 Å². The van der Waals surface area contributed by atoms with Crippen LogP contribution < -0.4 is 5.32 Å².